The van der Waals surface area contributed by atoms with Gasteiger partial charge in [0.15, 0.2) is 0 Å². The number of nitrogens with zero attached hydrogens (tertiary/aromatic N) is 1. The highest BCUT2D eigenvalue weighted by Crippen LogP contribution is 2.20. The minimum absolute atomic E-state index is 0.0350. The first-order chi connectivity index (χ1) is 11.3. The fraction of sp³-hybridized carbons (Fsp3) is 0.579. The van der Waals surface area contributed by atoms with Crippen molar-refractivity contribution < 1.29 is 4.79 Å². The molecule has 0 spiro atoms. The van der Waals surface area contributed by atoms with Crippen LogP contribution in [0.4, 0.5) is 5.69 Å². The molecule has 0 aliphatic heterocycles. The fourth-order valence-corrected chi connectivity index (χ4v) is 2.84. The van der Waals surface area contributed by atoms with Crippen molar-refractivity contribution in [3.63, 3.8) is 0 Å². The lowest BCUT2D eigenvalue weighted by Gasteiger charge is -2.13. The topological polar surface area (TPSA) is 54.0 Å². The summed E-state index contributed by atoms with van der Waals surface area (Å²) in [7, 11) is 0. The van der Waals surface area contributed by atoms with Crippen molar-refractivity contribution in [2.75, 3.05) is 18.4 Å². The molecule has 4 nitrogen and oxygen atoms in total. The molecule has 0 saturated carbocycles. The van der Waals surface area contributed by atoms with Crippen molar-refractivity contribution in [3.8, 4) is 0 Å². The second kappa shape index (κ2) is 10.0. The summed E-state index contributed by atoms with van der Waals surface area (Å²) in [6.07, 6.45) is 15.3. The van der Waals surface area contributed by atoms with Crippen molar-refractivity contribution in [1.29, 1.82) is 0 Å². The van der Waals surface area contributed by atoms with E-state index in [9.17, 15) is 4.79 Å². The van der Waals surface area contributed by atoms with Gasteiger partial charge in [0.25, 0.3) is 5.91 Å². The Bertz CT molecular complexity index is 525. The van der Waals surface area contributed by atoms with Crippen LogP contribution in [0.2, 0.25) is 0 Å². The highest BCUT2D eigenvalue weighted by Gasteiger charge is 2.07. The molecule has 4 heteroatoms. The maximum atomic E-state index is 12.1. The monoisotopic (exact) mass is 315 g/mol. The maximum Gasteiger partial charge on any atom is 0.252 e. The van der Waals surface area contributed by atoms with Crippen molar-refractivity contribution in [1.82, 2.24) is 10.3 Å². The molecule has 1 aliphatic rings. The van der Waals surface area contributed by atoms with Gasteiger partial charge in [-0.2, -0.15) is 0 Å². The summed E-state index contributed by atoms with van der Waals surface area (Å²) in [6.45, 7) is 3.79. The van der Waals surface area contributed by atoms with E-state index in [4.69, 9.17) is 0 Å². The van der Waals surface area contributed by atoms with Gasteiger partial charge >= 0.3 is 0 Å². The lowest BCUT2D eigenvalue weighted by Crippen LogP contribution is -2.24. The molecule has 1 aliphatic carbocycles. The SMILES string of the molecule is CCCCCNC(=O)c1cncc(NCCC2=CCCCC2)c1. The van der Waals surface area contributed by atoms with E-state index in [-0.39, 0.29) is 5.91 Å². The van der Waals surface area contributed by atoms with Crippen molar-refractivity contribution >= 4 is 11.6 Å². The number of anilines is 1. The quantitative estimate of drug-likeness (QED) is 0.527. The molecule has 1 aromatic heterocycles. The zero-order valence-corrected chi connectivity index (χ0v) is 14.2. The number of carbonyl (C=O) groups is 1. The Kier molecular flexibility index (Phi) is 7.64. The zero-order chi connectivity index (χ0) is 16.3. The van der Waals surface area contributed by atoms with Gasteiger partial charge in [-0.3, -0.25) is 9.78 Å². The first-order valence-corrected chi connectivity index (χ1v) is 8.94. The Morgan fingerprint density at radius 3 is 2.91 bits per heavy atom. The van der Waals surface area contributed by atoms with Crippen LogP contribution in [0.25, 0.3) is 0 Å². The zero-order valence-electron chi connectivity index (χ0n) is 14.2. The molecule has 0 atom stereocenters. The second-order valence-electron chi connectivity index (χ2n) is 6.21. The molecule has 1 amide bonds. The first kappa shape index (κ1) is 17.5. The van der Waals surface area contributed by atoms with Crippen molar-refractivity contribution in [2.24, 2.45) is 0 Å². The predicted octanol–water partition coefficient (Wildman–Crippen LogP) is 4.30. The average molecular weight is 315 g/mol. The molecule has 2 N–H and O–H groups in total. The number of hydrogen-bond donors (Lipinski definition) is 2. The minimum Gasteiger partial charge on any atom is -0.383 e. The molecule has 126 valence electrons. The van der Waals surface area contributed by atoms with Crippen LogP contribution in [-0.4, -0.2) is 24.0 Å². The number of nitrogens with one attached hydrogen (secondary N) is 2. The third kappa shape index (κ3) is 6.43. The van der Waals surface area contributed by atoms with Crippen LogP contribution in [0.15, 0.2) is 30.1 Å². The molecule has 2 rings (SSSR count). The third-order valence-electron chi connectivity index (χ3n) is 4.23. The number of rotatable bonds is 9. The summed E-state index contributed by atoms with van der Waals surface area (Å²) in [4.78, 5) is 16.3. The highest BCUT2D eigenvalue weighted by molar-refractivity contribution is 5.94. The van der Waals surface area contributed by atoms with Crippen LogP contribution in [0.1, 0.15) is 68.6 Å². The molecule has 1 aromatic rings. The van der Waals surface area contributed by atoms with Crippen LogP contribution in [-0.2, 0) is 0 Å². The number of allylic oxidation sites excluding steroid dienone is 1. The summed E-state index contributed by atoms with van der Waals surface area (Å²) in [5.41, 5.74) is 3.10. The van der Waals surface area contributed by atoms with E-state index in [0.29, 0.717) is 5.56 Å². The van der Waals surface area contributed by atoms with Crippen LogP contribution in [0.5, 0.6) is 0 Å². The van der Waals surface area contributed by atoms with Crippen LogP contribution in [0.3, 0.4) is 0 Å². The lowest BCUT2D eigenvalue weighted by molar-refractivity contribution is 0.0952. The molecule has 0 aromatic carbocycles. The van der Waals surface area contributed by atoms with Crippen LogP contribution >= 0.6 is 0 Å². The van der Waals surface area contributed by atoms with E-state index < -0.39 is 0 Å². The largest absolute Gasteiger partial charge is 0.383 e. The number of hydrogen-bond acceptors (Lipinski definition) is 3. The Balaban J connectivity index is 1.77. The molecular weight excluding hydrogens is 286 g/mol. The molecular formula is C19H29N3O. The summed E-state index contributed by atoms with van der Waals surface area (Å²) in [6, 6.07) is 1.89. The van der Waals surface area contributed by atoms with Gasteiger partial charge in [0, 0.05) is 25.5 Å². The van der Waals surface area contributed by atoms with Crippen LogP contribution < -0.4 is 10.6 Å². The van der Waals surface area contributed by atoms with E-state index in [0.717, 1.165) is 44.5 Å². The molecule has 0 bridgehead atoms. The average Bonchev–Trinajstić information content (AvgIpc) is 2.60. The van der Waals surface area contributed by atoms with Gasteiger partial charge in [-0.1, -0.05) is 31.4 Å². The van der Waals surface area contributed by atoms with E-state index in [1.807, 2.05) is 6.07 Å². The smallest absolute Gasteiger partial charge is 0.252 e. The Morgan fingerprint density at radius 1 is 1.22 bits per heavy atom. The first-order valence-electron chi connectivity index (χ1n) is 8.94. The van der Waals surface area contributed by atoms with Gasteiger partial charge in [0.05, 0.1) is 11.3 Å². The minimum atomic E-state index is -0.0350. The Morgan fingerprint density at radius 2 is 2.13 bits per heavy atom. The molecule has 0 fully saturated rings. The summed E-state index contributed by atoms with van der Waals surface area (Å²) in [5, 5.41) is 6.33. The van der Waals surface area contributed by atoms with E-state index in [2.05, 4.69) is 28.6 Å². The van der Waals surface area contributed by atoms with E-state index >= 15 is 0 Å². The van der Waals surface area contributed by atoms with Crippen molar-refractivity contribution in [2.45, 2.75) is 58.3 Å². The lowest BCUT2D eigenvalue weighted by atomic mass is 9.97. The van der Waals surface area contributed by atoms with Gasteiger partial charge < -0.3 is 10.6 Å². The molecule has 0 unspecified atom stereocenters. The molecule has 0 saturated heterocycles. The number of carbonyl (C=O) groups excluding carboxylic acids is 1. The summed E-state index contributed by atoms with van der Waals surface area (Å²) >= 11 is 0. The van der Waals surface area contributed by atoms with Gasteiger partial charge in [-0.15, -0.1) is 0 Å². The number of pyridine rings is 1. The van der Waals surface area contributed by atoms with E-state index in [1.54, 1.807) is 18.0 Å². The van der Waals surface area contributed by atoms with Gasteiger partial charge in [0.2, 0.25) is 0 Å². The molecule has 23 heavy (non-hydrogen) atoms. The molecule has 1 heterocycles. The number of amides is 1. The second-order valence-corrected chi connectivity index (χ2v) is 6.21. The molecule has 0 radical (unpaired) electrons. The Labute approximate surface area is 139 Å². The Hall–Kier alpha value is -1.84. The number of unbranched alkanes of at least 4 members (excludes halogenated alkanes) is 2. The van der Waals surface area contributed by atoms with Crippen molar-refractivity contribution in [3.05, 3.63) is 35.7 Å². The van der Waals surface area contributed by atoms with E-state index in [1.165, 1.54) is 25.7 Å². The van der Waals surface area contributed by atoms with Gasteiger partial charge in [0.1, 0.15) is 0 Å². The maximum absolute atomic E-state index is 12.1. The summed E-state index contributed by atoms with van der Waals surface area (Å²) < 4.78 is 0. The van der Waals surface area contributed by atoms with Gasteiger partial charge in [-0.05, 0) is 44.6 Å². The highest BCUT2D eigenvalue weighted by atomic mass is 16.1. The summed E-state index contributed by atoms with van der Waals surface area (Å²) in [5.74, 6) is -0.0350. The predicted molar refractivity (Wildman–Crippen MR) is 95.8 cm³/mol. The fourth-order valence-electron chi connectivity index (χ4n) is 2.84. The van der Waals surface area contributed by atoms with Crippen LogP contribution in [0, 0.1) is 0 Å². The third-order valence-corrected chi connectivity index (χ3v) is 4.23. The standard InChI is InChI=1S/C19H29N3O/c1-2-3-7-11-22-19(23)17-13-18(15-20-14-17)21-12-10-16-8-5-4-6-9-16/h8,13-15,21H,2-7,9-12H2,1H3,(H,22,23). The normalized spacial score (nSPS) is 14.2. The van der Waals surface area contributed by atoms with Gasteiger partial charge in [-0.25, -0.2) is 0 Å². The number of aromatic nitrogens is 1.